The van der Waals surface area contributed by atoms with Crippen LogP contribution in [0.5, 0.6) is 0 Å². The number of nitrogens with one attached hydrogen (secondary N) is 1. The summed E-state index contributed by atoms with van der Waals surface area (Å²) < 4.78 is 0. The number of carbonyl (C=O) groups excluding carboxylic acids is 1. The Hall–Kier alpha value is -1.52. The number of carboxylic acids is 1. The first-order chi connectivity index (χ1) is 9.64. The molecule has 5 nitrogen and oxygen atoms in total. The van der Waals surface area contributed by atoms with Gasteiger partial charge in [0.25, 0.3) is 0 Å². The lowest BCUT2D eigenvalue weighted by Gasteiger charge is -2.35. The summed E-state index contributed by atoms with van der Waals surface area (Å²) in [5.74, 6) is -0.884. The van der Waals surface area contributed by atoms with Gasteiger partial charge in [-0.05, 0) is 37.5 Å². The van der Waals surface area contributed by atoms with Crippen molar-refractivity contribution >= 4 is 12.0 Å². The van der Waals surface area contributed by atoms with Gasteiger partial charge in [-0.1, -0.05) is 32.4 Å². The van der Waals surface area contributed by atoms with Gasteiger partial charge in [0.2, 0.25) is 0 Å². The topological polar surface area (TPSA) is 69.6 Å². The number of amides is 2. The van der Waals surface area contributed by atoms with E-state index in [1.807, 2.05) is 0 Å². The first kappa shape index (κ1) is 15.9. The molecule has 0 radical (unpaired) electrons. The van der Waals surface area contributed by atoms with Crippen LogP contribution in [0.2, 0.25) is 0 Å². The van der Waals surface area contributed by atoms with Gasteiger partial charge in [-0.3, -0.25) is 0 Å². The minimum absolute atomic E-state index is 0.0596. The van der Waals surface area contributed by atoms with E-state index >= 15 is 0 Å². The maximum absolute atomic E-state index is 12.3. The van der Waals surface area contributed by atoms with Crippen LogP contribution in [0, 0.1) is 11.3 Å². The third kappa shape index (κ3) is 3.39. The maximum Gasteiger partial charge on any atom is 0.329 e. The van der Waals surface area contributed by atoms with Crippen LogP contribution in [-0.4, -0.2) is 40.6 Å². The van der Waals surface area contributed by atoms with Gasteiger partial charge in [0, 0.05) is 13.1 Å². The molecule has 1 aliphatic carbocycles. The number of nitrogens with zero attached hydrogens (tertiary/aromatic N) is 1. The van der Waals surface area contributed by atoms with Gasteiger partial charge < -0.3 is 15.3 Å². The van der Waals surface area contributed by atoms with Crippen LogP contribution >= 0.6 is 0 Å². The van der Waals surface area contributed by atoms with E-state index in [1.54, 1.807) is 11.8 Å². The van der Waals surface area contributed by atoms with Gasteiger partial charge >= 0.3 is 12.0 Å². The van der Waals surface area contributed by atoms with E-state index in [0.29, 0.717) is 13.1 Å². The molecule has 0 bridgehead atoms. The van der Waals surface area contributed by atoms with Crippen molar-refractivity contribution in [3.05, 3.63) is 11.6 Å². The molecule has 0 saturated heterocycles. The monoisotopic (exact) mass is 294 g/mol. The zero-order chi connectivity index (χ0) is 15.8. The number of hydrogen-bond acceptors (Lipinski definition) is 2. The Morgan fingerprint density at radius 3 is 2.29 bits per heavy atom. The Labute approximate surface area is 126 Å². The highest BCUT2D eigenvalue weighted by Gasteiger charge is 2.49. The van der Waals surface area contributed by atoms with E-state index in [0.717, 1.165) is 19.3 Å². The Kier molecular flexibility index (Phi) is 4.04. The van der Waals surface area contributed by atoms with Crippen molar-refractivity contribution in [3.63, 3.8) is 0 Å². The average molecular weight is 294 g/mol. The Bertz CT molecular complexity index is 474. The molecule has 0 aromatic heterocycles. The van der Waals surface area contributed by atoms with Crippen molar-refractivity contribution in [2.75, 3.05) is 13.1 Å². The van der Waals surface area contributed by atoms with Gasteiger partial charge in [0.15, 0.2) is 0 Å². The second kappa shape index (κ2) is 5.35. The van der Waals surface area contributed by atoms with Gasteiger partial charge in [0.1, 0.15) is 5.54 Å². The normalized spacial score (nSPS) is 22.3. The SMILES string of the molecule is CC(C)(C)C1=CCN(C(=O)NC(C)(C(=O)O)C2CC2)CC1. The number of aliphatic carboxylic acids is 1. The van der Waals surface area contributed by atoms with E-state index < -0.39 is 11.5 Å². The Morgan fingerprint density at radius 1 is 1.29 bits per heavy atom. The van der Waals surface area contributed by atoms with E-state index in [1.165, 1.54) is 5.57 Å². The van der Waals surface area contributed by atoms with Gasteiger partial charge in [-0.25, -0.2) is 9.59 Å². The van der Waals surface area contributed by atoms with Gasteiger partial charge in [-0.15, -0.1) is 0 Å². The lowest BCUT2D eigenvalue weighted by molar-refractivity contribution is -0.144. The summed E-state index contributed by atoms with van der Waals surface area (Å²) in [5.41, 5.74) is 0.354. The van der Waals surface area contributed by atoms with Crippen molar-refractivity contribution in [2.45, 2.75) is 52.5 Å². The molecule has 2 N–H and O–H groups in total. The molecule has 0 aromatic rings. The van der Waals surface area contributed by atoms with E-state index in [-0.39, 0.29) is 17.4 Å². The molecular weight excluding hydrogens is 268 g/mol. The second-order valence-electron chi connectivity index (χ2n) is 7.39. The Balaban J connectivity index is 1.99. The quantitative estimate of drug-likeness (QED) is 0.786. The maximum atomic E-state index is 12.3. The summed E-state index contributed by atoms with van der Waals surface area (Å²) in [6, 6.07) is -0.268. The summed E-state index contributed by atoms with van der Waals surface area (Å²) in [7, 11) is 0. The van der Waals surface area contributed by atoms with E-state index in [9.17, 15) is 14.7 Å². The minimum Gasteiger partial charge on any atom is -0.480 e. The van der Waals surface area contributed by atoms with Crippen molar-refractivity contribution < 1.29 is 14.7 Å². The van der Waals surface area contributed by atoms with E-state index in [4.69, 9.17) is 0 Å². The predicted molar refractivity (Wildman–Crippen MR) is 81.0 cm³/mol. The van der Waals surface area contributed by atoms with Crippen LogP contribution in [0.1, 0.15) is 47.0 Å². The third-order valence-corrected chi connectivity index (χ3v) is 4.66. The molecule has 1 atom stereocenters. The molecule has 1 saturated carbocycles. The first-order valence-corrected chi connectivity index (χ1v) is 7.64. The van der Waals surface area contributed by atoms with Crippen molar-refractivity contribution in [1.29, 1.82) is 0 Å². The molecule has 2 amide bonds. The molecule has 1 fully saturated rings. The van der Waals surface area contributed by atoms with Crippen LogP contribution in [0.3, 0.4) is 0 Å². The first-order valence-electron chi connectivity index (χ1n) is 7.64. The highest BCUT2D eigenvalue weighted by Crippen LogP contribution is 2.40. The van der Waals surface area contributed by atoms with Gasteiger partial charge in [-0.2, -0.15) is 0 Å². The standard InChI is InChI=1S/C16H26N2O3/c1-15(2,3)11-7-9-18(10-8-11)14(21)17-16(4,13(19)20)12-5-6-12/h7,12H,5-6,8-10H2,1-4H3,(H,17,21)(H,19,20). The van der Waals surface area contributed by atoms with Gasteiger partial charge in [0.05, 0.1) is 0 Å². The van der Waals surface area contributed by atoms with Crippen molar-refractivity contribution in [2.24, 2.45) is 11.3 Å². The predicted octanol–water partition coefficient (Wildman–Crippen LogP) is 2.63. The number of rotatable bonds is 3. The van der Waals surface area contributed by atoms with Crippen molar-refractivity contribution in [1.82, 2.24) is 10.2 Å². The average Bonchev–Trinajstić information content (AvgIpc) is 3.22. The van der Waals surface area contributed by atoms with Crippen LogP contribution in [0.15, 0.2) is 11.6 Å². The highest BCUT2D eigenvalue weighted by atomic mass is 16.4. The molecule has 2 aliphatic rings. The molecule has 118 valence electrons. The summed E-state index contributed by atoms with van der Waals surface area (Å²) in [6.07, 6.45) is 4.69. The number of hydrogen-bond donors (Lipinski definition) is 2. The summed E-state index contributed by atoms with van der Waals surface area (Å²) >= 11 is 0. The van der Waals surface area contributed by atoms with E-state index in [2.05, 4.69) is 32.2 Å². The van der Waals surface area contributed by atoms with Crippen molar-refractivity contribution in [3.8, 4) is 0 Å². The molecule has 1 heterocycles. The molecule has 21 heavy (non-hydrogen) atoms. The molecule has 2 rings (SSSR count). The van der Waals surface area contributed by atoms with Crippen LogP contribution in [0.25, 0.3) is 0 Å². The van der Waals surface area contributed by atoms with Crippen LogP contribution in [-0.2, 0) is 4.79 Å². The largest absolute Gasteiger partial charge is 0.480 e. The number of carbonyl (C=O) groups is 2. The fourth-order valence-electron chi connectivity index (χ4n) is 2.83. The lowest BCUT2D eigenvalue weighted by Crippen LogP contribution is -2.58. The fourth-order valence-corrected chi connectivity index (χ4v) is 2.83. The van der Waals surface area contributed by atoms with Crippen LogP contribution in [0.4, 0.5) is 4.79 Å². The zero-order valence-electron chi connectivity index (χ0n) is 13.4. The molecule has 0 aromatic carbocycles. The summed E-state index contributed by atoms with van der Waals surface area (Å²) in [6.45, 7) is 9.33. The number of urea groups is 1. The highest BCUT2D eigenvalue weighted by molar-refractivity contribution is 5.86. The molecule has 5 heteroatoms. The third-order valence-electron chi connectivity index (χ3n) is 4.66. The fraction of sp³-hybridized carbons (Fsp3) is 0.750. The lowest BCUT2D eigenvalue weighted by atomic mass is 9.83. The second-order valence-corrected chi connectivity index (χ2v) is 7.39. The zero-order valence-corrected chi connectivity index (χ0v) is 13.4. The Morgan fingerprint density at radius 2 is 1.90 bits per heavy atom. The minimum atomic E-state index is -1.13. The van der Waals surface area contributed by atoms with Crippen LogP contribution < -0.4 is 5.32 Å². The molecule has 1 unspecified atom stereocenters. The molecule has 1 aliphatic heterocycles. The summed E-state index contributed by atoms with van der Waals surface area (Å²) in [5, 5.41) is 12.1. The number of carboxylic acid groups (broad SMARTS) is 1. The molecule has 0 spiro atoms. The smallest absolute Gasteiger partial charge is 0.329 e. The molecular formula is C16H26N2O3. The summed E-state index contributed by atoms with van der Waals surface area (Å²) in [4.78, 5) is 25.5.